The third kappa shape index (κ3) is 4.06. The van der Waals surface area contributed by atoms with Gasteiger partial charge in [-0.05, 0) is 18.8 Å². The van der Waals surface area contributed by atoms with Crippen LogP contribution in [-0.4, -0.2) is 54.2 Å². The van der Waals surface area contributed by atoms with Crippen molar-refractivity contribution in [2.75, 3.05) is 27.2 Å². The molecule has 0 aromatic carbocycles. The third-order valence-corrected chi connectivity index (χ3v) is 2.68. The van der Waals surface area contributed by atoms with Gasteiger partial charge >= 0.3 is 12.0 Å². The molecule has 16 heavy (non-hydrogen) atoms. The first-order valence-electron chi connectivity index (χ1n) is 5.43. The number of carboxylic acids is 1. The zero-order valence-corrected chi connectivity index (χ0v) is 9.77. The van der Waals surface area contributed by atoms with Gasteiger partial charge in [-0.2, -0.15) is 0 Å². The van der Waals surface area contributed by atoms with E-state index < -0.39 is 5.97 Å². The number of hydrogen-bond donors (Lipinski definition) is 2. The number of urea groups is 1. The van der Waals surface area contributed by atoms with Crippen molar-refractivity contribution in [3.63, 3.8) is 0 Å². The van der Waals surface area contributed by atoms with Crippen LogP contribution in [0.3, 0.4) is 0 Å². The number of nitrogens with zero attached hydrogens (tertiary/aromatic N) is 2. The average Bonchev–Trinajstić information content (AvgIpc) is 2.16. The largest absolute Gasteiger partial charge is 0.481 e. The van der Waals surface area contributed by atoms with E-state index in [9.17, 15) is 9.59 Å². The lowest BCUT2D eigenvalue weighted by molar-refractivity contribution is -0.138. The van der Waals surface area contributed by atoms with Gasteiger partial charge in [0.2, 0.25) is 0 Å². The Morgan fingerprint density at radius 3 is 2.38 bits per heavy atom. The molecule has 2 amide bonds. The van der Waals surface area contributed by atoms with Crippen LogP contribution < -0.4 is 5.43 Å². The fourth-order valence-corrected chi connectivity index (χ4v) is 1.85. The number of carboxylic acid groups (broad SMARTS) is 1. The molecule has 1 aliphatic heterocycles. The molecule has 2 N–H and O–H groups in total. The van der Waals surface area contributed by atoms with Gasteiger partial charge in [0.15, 0.2) is 0 Å². The summed E-state index contributed by atoms with van der Waals surface area (Å²) in [6.45, 7) is 1.27. The number of aliphatic carboxylic acids is 1. The lowest BCUT2D eigenvalue weighted by Crippen LogP contribution is -2.48. The van der Waals surface area contributed by atoms with Crippen LogP contribution in [0.2, 0.25) is 0 Å². The van der Waals surface area contributed by atoms with Gasteiger partial charge < -0.3 is 10.0 Å². The van der Waals surface area contributed by atoms with E-state index >= 15 is 0 Å². The molecule has 1 aliphatic rings. The molecule has 0 atom stereocenters. The normalized spacial score (nSPS) is 17.6. The first-order chi connectivity index (χ1) is 7.49. The molecule has 1 saturated heterocycles. The summed E-state index contributed by atoms with van der Waals surface area (Å²) in [7, 11) is 3.52. The second kappa shape index (κ2) is 5.69. The van der Waals surface area contributed by atoms with Crippen LogP contribution in [0.1, 0.15) is 19.3 Å². The highest BCUT2D eigenvalue weighted by Gasteiger charge is 2.24. The molecule has 1 fully saturated rings. The Morgan fingerprint density at radius 2 is 1.94 bits per heavy atom. The first kappa shape index (κ1) is 12.8. The van der Waals surface area contributed by atoms with E-state index in [1.165, 1.54) is 0 Å². The molecule has 0 radical (unpaired) electrons. The van der Waals surface area contributed by atoms with Crippen molar-refractivity contribution in [3.05, 3.63) is 0 Å². The lowest BCUT2D eigenvalue weighted by Gasteiger charge is -2.32. The summed E-state index contributed by atoms with van der Waals surface area (Å²) in [4.78, 5) is 23.8. The van der Waals surface area contributed by atoms with Crippen molar-refractivity contribution in [1.29, 1.82) is 0 Å². The topological polar surface area (TPSA) is 72.9 Å². The highest BCUT2D eigenvalue weighted by Crippen LogP contribution is 2.20. The number of piperidine rings is 1. The predicted octanol–water partition coefficient (Wildman–Crippen LogP) is 0.359. The molecule has 0 bridgehead atoms. The van der Waals surface area contributed by atoms with Crippen LogP contribution in [0.4, 0.5) is 4.79 Å². The van der Waals surface area contributed by atoms with Gasteiger partial charge in [-0.25, -0.2) is 9.80 Å². The molecule has 0 saturated carbocycles. The maximum atomic E-state index is 11.6. The Balaban J connectivity index is 2.31. The summed E-state index contributed by atoms with van der Waals surface area (Å²) in [6, 6.07) is -0.112. The molecule has 0 aliphatic carbocycles. The minimum absolute atomic E-state index is 0.112. The van der Waals surface area contributed by atoms with Gasteiger partial charge in [0.1, 0.15) is 0 Å². The lowest BCUT2D eigenvalue weighted by atomic mass is 9.94. The van der Waals surface area contributed by atoms with Crippen LogP contribution in [0.15, 0.2) is 0 Å². The molecular weight excluding hydrogens is 210 g/mol. The highest BCUT2D eigenvalue weighted by molar-refractivity contribution is 5.73. The summed E-state index contributed by atoms with van der Waals surface area (Å²) in [5, 5.41) is 10.3. The van der Waals surface area contributed by atoms with E-state index in [0.29, 0.717) is 13.1 Å². The number of hydrogen-bond acceptors (Lipinski definition) is 3. The van der Waals surface area contributed by atoms with Crippen molar-refractivity contribution in [3.8, 4) is 0 Å². The number of carbonyl (C=O) groups excluding carboxylic acids is 1. The van der Waals surface area contributed by atoms with Gasteiger partial charge in [0.25, 0.3) is 0 Å². The van der Waals surface area contributed by atoms with E-state index in [-0.39, 0.29) is 18.4 Å². The monoisotopic (exact) mass is 229 g/mol. The Morgan fingerprint density at radius 1 is 1.38 bits per heavy atom. The summed E-state index contributed by atoms with van der Waals surface area (Å²) >= 11 is 0. The van der Waals surface area contributed by atoms with Crippen molar-refractivity contribution < 1.29 is 14.7 Å². The molecule has 0 aromatic heterocycles. The van der Waals surface area contributed by atoms with Crippen molar-refractivity contribution in [2.45, 2.75) is 19.3 Å². The summed E-state index contributed by atoms with van der Waals surface area (Å²) in [6.07, 6.45) is 1.75. The Bertz CT molecular complexity index is 260. The van der Waals surface area contributed by atoms with Gasteiger partial charge in [-0.3, -0.25) is 10.2 Å². The van der Waals surface area contributed by atoms with Crippen molar-refractivity contribution in [2.24, 2.45) is 5.92 Å². The minimum atomic E-state index is -0.754. The van der Waals surface area contributed by atoms with Crippen molar-refractivity contribution >= 4 is 12.0 Å². The molecule has 0 unspecified atom stereocenters. The number of likely N-dealkylation sites (tertiary alicyclic amines) is 1. The number of nitrogens with one attached hydrogen (secondary N) is 1. The molecule has 1 rings (SSSR count). The van der Waals surface area contributed by atoms with Crippen LogP contribution >= 0.6 is 0 Å². The molecule has 92 valence electrons. The summed E-state index contributed by atoms with van der Waals surface area (Å²) in [5.74, 6) is -0.544. The van der Waals surface area contributed by atoms with Gasteiger partial charge in [-0.15, -0.1) is 0 Å². The zero-order chi connectivity index (χ0) is 12.1. The van der Waals surface area contributed by atoms with E-state index in [1.807, 2.05) is 0 Å². The molecule has 6 nitrogen and oxygen atoms in total. The number of amides is 2. The van der Waals surface area contributed by atoms with Crippen LogP contribution in [0, 0.1) is 5.92 Å². The van der Waals surface area contributed by atoms with E-state index in [2.05, 4.69) is 5.43 Å². The van der Waals surface area contributed by atoms with E-state index in [0.717, 1.165) is 12.8 Å². The van der Waals surface area contributed by atoms with Crippen molar-refractivity contribution in [1.82, 2.24) is 15.3 Å². The zero-order valence-electron chi connectivity index (χ0n) is 9.77. The maximum Gasteiger partial charge on any atom is 0.331 e. The Kier molecular flexibility index (Phi) is 4.54. The molecule has 0 aromatic rings. The highest BCUT2D eigenvalue weighted by atomic mass is 16.4. The first-order valence-corrected chi connectivity index (χ1v) is 5.43. The fraction of sp³-hybridized carbons (Fsp3) is 0.800. The average molecular weight is 229 g/mol. The molecule has 1 heterocycles. The second-order valence-electron chi connectivity index (χ2n) is 4.34. The number of hydrazine groups is 1. The fourth-order valence-electron chi connectivity index (χ4n) is 1.85. The number of carbonyl (C=O) groups is 2. The maximum absolute atomic E-state index is 11.6. The smallest absolute Gasteiger partial charge is 0.331 e. The standard InChI is InChI=1S/C10H19N3O3/c1-12(2)11-10(16)13-5-3-8(4-6-13)7-9(14)15/h8H,3-7H2,1-2H3,(H,11,16)(H,14,15). The van der Waals surface area contributed by atoms with Gasteiger partial charge in [0.05, 0.1) is 0 Å². The van der Waals surface area contributed by atoms with Crippen LogP contribution in [0.25, 0.3) is 0 Å². The van der Waals surface area contributed by atoms with E-state index in [4.69, 9.17) is 5.11 Å². The Labute approximate surface area is 95.2 Å². The summed E-state index contributed by atoms with van der Waals surface area (Å²) < 4.78 is 0. The number of rotatable bonds is 3. The molecule has 6 heteroatoms. The van der Waals surface area contributed by atoms with Gasteiger partial charge in [0, 0.05) is 33.6 Å². The molecule has 0 spiro atoms. The summed E-state index contributed by atoms with van der Waals surface area (Å²) in [5.41, 5.74) is 2.67. The van der Waals surface area contributed by atoms with Crippen LogP contribution in [-0.2, 0) is 4.79 Å². The predicted molar refractivity (Wildman–Crippen MR) is 58.8 cm³/mol. The minimum Gasteiger partial charge on any atom is -0.481 e. The third-order valence-electron chi connectivity index (χ3n) is 2.68. The van der Waals surface area contributed by atoms with Gasteiger partial charge in [-0.1, -0.05) is 0 Å². The SMILES string of the molecule is CN(C)NC(=O)N1CCC(CC(=O)O)CC1. The van der Waals surface area contributed by atoms with Crippen LogP contribution in [0.5, 0.6) is 0 Å². The molecular formula is C10H19N3O3. The second-order valence-corrected chi connectivity index (χ2v) is 4.34. The Hall–Kier alpha value is -1.30. The quantitative estimate of drug-likeness (QED) is 0.685. The van der Waals surface area contributed by atoms with E-state index in [1.54, 1.807) is 24.0 Å².